The summed E-state index contributed by atoms with van der Waals surface area (Å²) in [5, 5.41) is 26.4. The zero-order valence-corrected chi connectivity index (χ0v) is 36.6. The van der Waals surface area contributed by atoms with E-state index in [0.717, 1.165) is 29.0 Å². The fourth-order valence-corrected chi connectivity index (χ4v) is 9.61. The van der Waals surface area contributed by atoms with Gasteiger partial charge in [-0.05, 0) is 24.1 Å². The number of nitrogen functional groups attached to an aromatic ring is 1. The van der Waals surface area contributed by atoms with Crippen LogP contribution in [0.4, 0.5) is 10.2 Å². The van der Waals surface area contributed by atoms with Crippen molar-refractivity contribution < 1.29 is 84.9 Å². The topological polar surface area (TPSA) is 405 Å². The Bertz CT molecular complexity index is 2440. The number of aromatic amines is 1. The van der Waals surface area contributed by atoms with Crippen molar-refractivity contribution >= 4 is 80.0 Å². The number of fused-ring (bicyclic) bond motifs is 2. The second-order valence-corrected chi connectivity index (χ2v) is 19.9. The number of rotatable bonds is 22. The summed E-state index contributed by atoms with van der Waals surface area (Å²) in [7, 11) is -16.5. The highest BCUT2D eigenvalue weighted by atomic mass is 32.2. The molecular weight excluding hydrogens is 926 g/mol. The molecule has 1 saturated heterocycles. The number of H-pyrrole nitrogens is 1. The predicted molar refractivity (Wildman–Crippen MR) is 217 cm³/mol. The summed E-state index contributed by atoms with van der Waals surface area (Å²) in [5.74, 6) is -1.86. The number of aromatic nitrogens is 5. The molecule has 0 aliphatic carbocycles. The number of hydrogen-bond donors (Lipinski definition) is 11. The average molecular weight is 972 g/mol. The number of imidazole rings is 1. The zero-order chi connectivity index (χ0) is 46.5. The molecule has 1 aliphatic rings. The van der Waals surface area contributed by atoms with Crippen LogP contribution in [-0.2, 0) is 57.1 Å². The van der Waals surface area contributed by atoms with Gasteiger partial charge in [0, 0.05) is 47.8 Å². The van der Waals surface area contributed by atoms with Crippen LogP contribution in [0.5, 0.6) is 0 Å². The van der Waals surface area contributed by atoms with E-state index < -0.39 is 96.4 Å². The fourth-order valence-electron chi connectivity index (χ4n) is 6.08. The van der Waals surface area contributed by atoms with Crippen molar-refractivity contribution in [2.24, 2.45) is 11.1 Å². The first-order valence-electron chi connectivity index (χ1n) is 18.4. The quantitative estimate of drug-likeness (QED) is 0.0360. The van der Waals surface area contributed by atoms with Gasteiger partial charge in [-0.15, -0.1) is 0 Å². The molecule has 1 aromatic carbocycles. The third-order valence-electron chi connectivity index (χ3n) is 9.23. The summed E-state index contributed by atoms with van der Waals surface area (Å²) >= 11 is 0.881. The molecule has 4 aromatic rings. The van der Waals surface area contributed by atoms with Crippen LogP contribution in [0.3, 0.4) is 0 Å². The number of amides is 2. The van der Waals surface area contributed by atoms with Crippen molar-refractivity contribution in [3.8, 4) is 0 Å². The molecule has 7 unspecified atom stereocenters. The molecule has 26 nitrogen and oxygen atoms in total. The molecule has 63 heavy (non-hydrogen) atoms. The summed E-state index contributed by atoms with van der Waals surface area (Å²) in [5.41, 5.74) is 11.4. The van der Waals surface area contributed by atoms with Gasteiger partial charge in [-0.1, -0.05) is 31.7 Å². The van der Waals surface area contributed by atoms with Crippen LogP contribution in [0.1, 0.15) is 32.1 Å². The molecule has 5 rings (SSSR count). The second kappa shape index (κ2) is 20.6. The lowest BCUT2D eigenvalue weighted by Gasteiger charge is -2.30. The first kappa shape index (κ1) is 50.2. The molecule has 0 bridgehead atoms. The van der Waals surface area contributed by atoms with Gasteiger partial charge >= 0.3 is 23.5 Å². The third kappa shape index (κ3) is 13.4. The average Bonchev–Trinajstić information content (AvgIpc) is 3.90. The Morgan fingerprint density at radius 2 is 1.79 bits per heavy atom. The van der Waals surface area contributed by atoms with E-state index in [9.17, 15) is 62.3 Å². The lowest BCUT2D eigenvalue weighted by Crippen LogP contribution is -2.46. The number of thioether (sulfide) groups is 1. The van der Waals surface area contributed by atoms with Gasteiger partial charge in [-0.2, -0.15) is 4.31 Å². The van der Waals surface area contributed by atoms with Gasteiger partial charge in [0.1, 0.15) is 42.1 Å². The number of carbonyl (C=O) groups is 3. The van der Waals surface area contributed by atoms with Crippen LogP contribution in [0, 0.1) is 11.2 Å². The van der Waals surface area contributed by atoms with E-state index in [4.69, 9.17) is 25.3 Å². The highest BCUT2D eigenvalue weighted by Crippen LogP contribution is 2.61. The Kier molecular flexibility index (Phi) is 16.4. The lowest BCUT2D eigenvalue weighted by atomic mass is 9.87. The Morgan fingerprint density at radius 1 is 1.08 bits per heavy atom. The summed E-state index contributed by atoms with van der Waals surface area (Å²) in [4.78, 5) is 91.5. The van der Waals surface area contributed by atoms with Crippen LogP contribution in [0.2, 0.25) is 0 Å². The van der Waals surface area contributed by atoms with Gasteiger partial charge in [0.25, 0.3) is 0 Å². The monoisotopic (exact) mass is 971 g/mol. The van der Waals surface area contributed by atoms with Crippen LogP contribution in [-0.4, -0.2) is 134 Å². The predicted octanol–water partition coefficient (Wildman–Crippen LogP) is -0.145. The summed E-state index contributed by atoms with van der Waals surface area (Å²) < 4.78 is 76.5. The van der Waals surface area contributed by atoms with Crippen LogP contribution < -0.4 is 22.1 Å². The molecule has 0 saturated carbocycles. The molecule has 8 atom stereocenters. The van der Waals surface area contributed by atoms with E-state index in [1.165, 1.54) is 19.9 Å². The Labute approximate surface area is 360 Å². The number of aliphatic hydroxyl groups excluding tert-OH is 2. The van der Waals surface area contributed by atoms with E-state index in [2.05, 4.69) is 39.4 Å². The standard InChI is InChI=1S/C32H45FN9O17P3S/c1-32(2,26(45)29(46)37-7-6-21(43)36-8-9-63-31(47)18(34)10-16-11-38-19-5-3-4-17(33)22(16)19)13-56-62(53,54)59-61(51,52)55-12-20-25(58-60(48,49)50)24(44)30(57-20)42-15-41-23-27(35)39-14-40-28(23)42/h3-5,11,14-15,18,20,24-26,30,38,44-45H,6-10,12-13,34H2,1-2H3,(H,36,43)(H,37,46)(H,51,52)(H,53,54)(H2,35,39,40)(H2,48,49,50)/t18-,20?,24?,25?,26?,30?/m0/s1. The van der Waals surface area contributed by atoms with Crippen molar-refractivity contribution in [3.05, 3.63) is 48.4 Å². The normalized spacial score (nSPS) is 21.2. The highest BCUT2D eigenvalue weighted by Gasteiger charge is 2.50. The van der Waals surface area contributed by atoms with Crippen molar-refractivity contribution in [3.63, 3.8) is 0 Å². The maximum Gasteiger partial charge on any atom is 0.481 e. The summed E-state index contributed by atoms with van der Waals surface area (Å²) in [6, 6.07) is 3.63. The van der Waals surface area contributed by atoms with E-state index in [1.807, 2.05) is 0 Å². The number of halogens is 1. The molecule has 0 radical (unpaired) electrons. The molecule has 348 valence electrons. The van der Waals surface area contributed by atoms with Crippen LogP contribution in [0.15, 0.2) is 37.1 Å². The maximum atomic E-state index is 14.3. The van der Waals surface area contributed by atoms with E-state index >= 15 is 0 Å². The first-order valence-corrected chi connectivity index (χ1v) is 23.9. The van der Waals surface area contributed by atoms with Gasteiger partial charge in [-0.25, -0.2) is 33.0 Å². The Balaban J connectivity index is 1.02. The van der Waals surface area contributed by atoms with Gasteiger partial charge in [-0.3, -0.25) is 32.5 Å². The number of phosphoric acid groups is 3. The zero-order valence-electron chi connectivity index (χ0n) is 33.1. The number of aliphatic hydroxyl groups is 2. The number of carbonyl (C=O) groups excluding carboxylic acids is 3. The number of ether oxygens (including phenoxy) is 1. The molecule has 13 N–H and O–H groups in total. The van der Waals surface area contributed by atoms with Gasteiger partial charge in [0.05, 0.1) is 25.6 Å². The minimum absolute atomic E-state index is 0.0193. The van der Waals surface area contributed by atoms with E-state index in [0.29, 0.717) is 16.5 Å². The fraction of sp³-hybridized carbons (Fsp3) is 0.500. The lowest BCUT2D eigenvalue weighted by molar-refractivity contribution is -0.137. The highest BCUT2D eigenvalue weighted by molar-refractivity contribution is 8.13. The van der Waals surface area contributed by atoms with Crippen molar-refractivity contribution in [2.45, 2.75) is 63.4 Å². The van der Waals surface area contributed by atoms with Crippen molar-refractivity contribution in [2.75, 3.05) is 37.8 Å². The molecular formula is C32H45FN9O17P3S. The maximum absolute atomic E-state index is 14.3. The van der Waals surface area contributed by atoms with E-state index in [-0.39, 0.29) is 53.8 Å². The van der Waals surface area contributed by atoms with Crippen molar-refractivity contribution in [1.29, 1.82) is 0 Å². The molecule has 31 heteroatoms. The molecule has 4 heterocycles. The molecule has 2 amide bonds. The molecule has 1 aliphatic heterocycles. The molecule has 1 fully saturated rings. The second-order valence-electron chi connectivity index (χ2n) is 14.5. The molecule has 3 aromatic heterocycles. The third-order valence-corrected chi connectivity index (χ3v) is 13.3. The minimum atomic E-state index is -5.60. The van der Waals surface area contributed by atoms with Gasteiger partial charge < -0.3 is 61.6 Å². The summed E-state index contributed by atoms with van der Waals surface area (Å²) in [6.45, 7) is 0.203. The first-order chi connectivity index (χ1) is 29.4. The number of nitrogens with two attached hydrogens (primary N) is 2. The largest absolute Gasteiger partial charge is 0.481 e. The molecule has 0 spiro atoms. The number of benzene rings is 1. The Morgan fingerprint density at radius 3 is 2.51 bits per heavy atom. The van der Waals surface area contributed by atoms with Crippen molar-refractivity contribution in [1.82, 2.24) is 35.1 Å². The minimum Gasteiger partial charge on any atom is -0.386 e. The van der Waals surface area contributed by atoms with Crippen LogP contribution >= 0.6 is 35.2 Å². The number of nitrogens with zero attached hydrogens (tertiary/aromatic N) is 4. The smallest absolute Gasteiger partial charge is 0.386 e. The number of nitrogens with one attached hydrogen (secondary N) is 3. The van der Waals surface area contributed by atoms with E-state index in [1.54, 1.807) is 18.3 Å². The number of phosphoric ester groups is 3. The van der Waals surface area contributed by atoms with Crippen LogP contribution in [0.25, 0.3) is 22.1 Å². The van der Waals surface area contributed by atoms with Gasteiger partial charge in [0.15, 0.2) is 17.7 Å². The van der Waals surface area contributed by atoms with Gasteiger partial charge in [0.2, 0.25) is 16.9 Å². The number of hydrogen-bond acceptors (Lipinski definition) is 19. The summed E-state index contributed by atoms with van der Waals surface area (Å²) in [6.07, 6.45) is -5.43. The number of anilines is 1. The SMILES string of the molecule is CC(C)(COP(=O)(O)OP(=O)(O)OCC1OC(n2cnc3c(N)ncnc32)C(O)C1OP(=O)(O)O)C(O)C(=O)NCCC(=O)NCCSC(=O)[C@@H](N)Cc1c[nH]c2cccc(F)c12. The Hall–Kier alpha value is -3.79.